The van der Waals surface area contributed by atoms with Crippen molar-refractivity contribution in [2.45, 2.75) is 47.0 Å². The molecule has 0 amide bonds. The number of rotatable bonds is 21. The van der Waals surface area contributed by atoms with Gasteiger partial charge in [-0.3, -0.25) is 9.59 Å². The van der Waals surface area contributed by atoms with Crippen LogP contribution in [0.15, 0.2) is 0 Å². The van der Waals surface area contributed by atoms with Gasteiger partial charge in [0, 0.05) is 11.8 Å². The van der Waals surface area contributed by atoms with Gasteiger partial charge < -0.3 is 23.7 Å². The second-order valence-corrected chi connectivity index (χ2v) is 6.70. The minimum absolute atomic E-state index is 0.0556. The summed E-state index contributed by atoms with van der Waals surface area (Å²) in [4.78, 5) is 23.3. The fraction of sp³-hybridized carbons (Fsp3) is 0.905. The van der Waals surface area contributed by atoms with E-state index in [2.05, 4.69) is 0 Å². The minimum atomic E-state index is 0.0556. The van der Waals surface area contributed by atoms with Crippen LogP contribution in [0.5, 0.6) is 0 Å². The monoisotopic (exact) mass is 404 g/mol. The first kappa shape index (κ1) is 27.1. The number of hydrogen-bond donors (Lipinski definition) is 0. The SMILES string of the molecule is CCC(C)C(=O)COCCOCCOCCOCCOCC(=O)C(CC)CC. The van der Waals surface area contributed by atoms with E-state index >= 15 is 0 Å². The second kappa shape index (κ2) is 19.5. The highest BCUT2D eigenvalue weighted by atomic mass is 16.6. The highest BCUT2D eigenvalue weighted by Gasteiger charge is 2.13. The number of carbonyl (C=O) groups is 2. The zero-order chi connectivity index (χ0) is 21.0. The van der Waals surface area contributed by atoms with Crippen molar-refractivity contribution in [3.63, 3.8) is 0 Å². The van der Waals surface area contributed by atoms with Crippen LogP contribution in [-0.2, 0) is 33.3 Å². The molecule has 28 heavy (non-hydrogen) atoms. The molecule has 0 aromatic carbocycles. The first-order valence-corrected chi connectivity index (χ1v) is 10.5. The topological polar surface area (TPSA) is 80.3 Å². The quantitative estimate of drug-likeness (QED) is 0.272. The Morgan fingerprint density at radius 2 is 0.929 bits per heavy atom. The second-order valence-electron chi connectivity index (χ2n) is 6.70. The van der Waals surface area contributed by atoms with Gasteiger partial charge in [0.2, 0.25) is 0 Å². The molecule has 0 aliphatic rings. The Hall–Kier alpha value is -0.860. The predicted octanol–water partition coefficient (Wildman–Crippen LogP) is 2.69. The van der Waals surface area contributed by atoms with Gasteiger partial charge in [-0.15, -0.1) is 0 Å². The molecule has 0 radical (unpaired) electrons. The molecule has 7 heteroatoms. The standard InChI is InChI=1S/C21H40O7/c1-5-18(4)20(22)16-27-14-12-25-10-8-24-9-11-26-13-15-28-17-21(23)19(6-2)7-3/h18-19H,5-17H2,1-4H3. The Morgan fingerprint density at radius 3 is 1.29 bits per heavy atom. The molecule has 0 rings (SSSR count). The minimum Gasteiger partial charge on any atom is -0.377 e. The van der Waals surface area contributed by atoms with Gasteiger partial charge in [0.15, 0.2) is 11.6 Å². The third-order valence-electron chi connectivity index (χ3n) is 4.58. The summed E-state index contributed by atoms with van der Waals surface area (Å²) >= 11 is 0. The largest absolute Gasteiger partial charge is 0.377 e. The molecule has 0 spiro atoms. The van der Waals surface area contributed by atoms with Gasteiger partial charge >= 0.3 is 0 Å². The van der Waals surface area contributed by atoms with E-state index in [1.54, 1.807) is 0 Å². The van der Waals surface area contributed by atoms with Gasteiger partial charge in [-0.05, 0) is 19.3 Å². The van der Waals surface area contributed by atoms with E-state index in [1.165, 1.54) is 0 Å². The van der Waals surface area contributed by atoms with E-state index in [0.29, 0.717) is 52.9 Å². The predicted molar refractivity (Wildman–Crippen MR) is 108 cm³/mol. The van der Waals surface area contributed by atoms with Crippen LogP contribution >= 0.6 is 0 Å². The highest BCUT2D eigenvalue weighted by molar-refractivity contribution is 5.82. The van der Waals surface area contributed by atoms with Gasteiger partial charge in [0.05, 0.1) is 52.9 Å². The maximum Gasteiger partial charge on any atom is 0.161 e. The number of hydrogen-bond acceptors (Lipinski definition) is 7. The van der Waals surface area contributed by atoms with E-state index in [-0.39, 0.29) is 36.6 Å². The zero-order valence-corrected chi connectivity index (χ0v) is 18.2. The first-order chi connectivity index (χ1) is 13.6. The van der Waals surface area contributed by atoms with E-state index in [1.807, 2.05) is 27.7 Å². The highest BCUT2D eigenvalue weighted by Crippen LogP contribution is 2.08. The summed E-state index contributed by atoms with van der Waals surface area (Å²) in [5, 5.41) is 0. The summed E-state index contributed by atoms with van der Waals surface area (Å²) in [6.07, 6.45) is 2.56. The van der Waals surface area contributed by atoms with Crippen molar-refractivity contribution in [1.82, 2.24) is 0 Å². The van der Waals surface area contributed by atoms with Crippen LogP contribution < -0.4 is 0 Å². The number of ether oxygens (including phenoxy) is 5. The van der Waals surface area contributed by atoms with E-state index in [0.717, 1.165) is 19.3 Å². The van der Waals surface area contributed by atoms with Crippen LogP contribution in [0.3, 0.4) is 0 Å². The fourth-order valence-electron chi connectivity index (χ4n) is 2.35. The molecular weight excluding hydrogens is 364 g/mol. The number of carbonyl (C=O) groups excluding carboxylic acids is 2. The van der Waals surface area contributed by atoms with Crippen molar-refractivity contribution in [3.8, 4) is 0 Å². The molecule has 0 aliphatic heterocycles. The lowest BCUT2D eigenvalue weighted by atomic mass is 9.99. The lowest BCUT2D eigenvalue weighted by Crippen LogP contribution is -2.20. The van der Waals surface area contributed by atoms with Crippen molar-refractivity contribution >= 4 is 11.6 Å². The maximum absolute atomic E-state index is 11.8. The molecule has 7 nitrogen and oxygen atoms in total. The normalized spacial score (nSPS) is 12.5. The molecule has 1 atom stereocenters. The molecule has 0 aromatic heterocycles. The van der Waals surface area contributed by atoms with E-state index < -0.39 is 0 Å². The molecule has 0 fully saturated rings. The molecule has 0 saturated carbocycles. The average molecular weight is 405 g/mol. The molecule has 0 saturated heterocycles. The molecule has 166 valence electrons. The fourth-order valence-corrected chi connectivity index (χ4v) is 2.35. The summed E-state index contributed by atoms with van der Waals surface area (Å²) in [5.41, 5.74) is 0. The molecule has 0 aromatic rings. The summed E-state index contributed by atoms with van der Waals surface area (Å²) in [6, 6.07) is 0. The molecule has 1 unspecified atom stereocenters. The van der Waals surface area contributed by atoms with Crippen molar-refractivity contribution in [3.05, 3.63) is 0 Å². The van der Waals surface area contributed by atoms with Crippen LogP contribution in [0.4, 0.5) is 0 Å². The Balaban J connectivity index is 3.26. The summed E-state index contributed by atoms with van der Waals surface area (Å²) < 4.78 is 26.8. The summed E-state index contributed by atoms with van der Waals surface area (Å²) in [7, 11) is 0. The van der Waals surface area contributed by atoms with Crippen LogP contribution in [0.1, 0.15) is 47.0 Å². The van der Waals surface area contributed by atoms with Crippen LogP contribution in [0.25, 0.3) is 0 Å². The van der Waals surface area contributed by atoms with Crippen molar-refractivity contribution < 1.29 is 33.3 Å². The molecule has 0 bridgehead atoms. The van der Waals surface area contributed by atoms with Crippen LogP contribution in [-0.4, -0.2) is 77.6 Å². The third kappa shape index (κ3) is 15.1. The molecule has 0 aliphatic carbocycles. The number of ketones is 2. The van der Waals surface area contributed by atoms with Crippen molar-refractivity contribution in [2.24, 2.45) is 11.8 Å². The Labute approximate surface area is 170 Å². The Kier molecular flexibility index (Phi) is 18.9. The lowest BCUT2D eigenvalue weighted by Gasteiger charge is -2.11. The summed E-state index contributed by atoms with van der Waals surface area (Å²) in [5.74, 6) is 0.463. The van der Waals surface area contributed by atoms with Crippen LogP contribution in [0.2, 0.25) is 0 Å². The van der Waals surface area contributed by atoms with Gasteiger partial charge in [-0.2, -0.15) is 0 Å². The lowest BCUT2D eigenvalue weighted by molar-refractivity contribution is -0.128. The summed E-state index contributed by atoms with van der Waals surface area (Å²) in [6.45, 7) is 11.9. The smallest absolute Gasteiger partial charge is 0.161 e. The van der Waals surface area contributed by atoms with Crippen LogP contribution in [0, 0.1) is 11.8 Å². The average Bonchev–Trinajstić information content (AvgIpc) is 2.70. The molecule has 0 N–H and O–H groups in total. The maximum atomic E-state index is 11.8. The van der Waals surface area contributed by atoms with Gasteiger partial charge in [0.1, 0.15) is 13.2 Å². The van der Waals surface area contributed by atoms with Crippen molar-refractivity contribution in [1.29, 1.82) is 0 Å². The third-order valence-corrected chi connectivity index (χ3v) is 4.58. The van der Waals surface area contributed by atoms with E-state index in [4.69, 9.17) is 23.7 Å². The molecule has 0 heterocycles. The first-order valence-electron chi connectivity index (χ1n) is 10.5. The van der Waals surface area contributed by atoms with E-state index in [9.17, 15) is 9.59 Å². The van der Waals surface area contributed by atoms with Gasteiger partial charge in [-0.25, -0.2) is 0 Å². The molecular formula is C21H40O7. The Morgan fingerprint density at radius 1 is 0.571 bits per heavy atom. The van der Waals surface area contributed by atoms with Gasteiger partial charge in [-0.1, -0.05) is 27.7 Å². The zero-order valence-electron chi connectivity index (χ0n) is 18.2. The van der Waals surface area contributed by atoms with Gasteiger partial charge in [0.25, 0.3) is 0 Å². The number of Topliss-reactive ketones (excluding diaryl/α,β-unsaturated/α-hetero) is 2. The van der Waals surface area contributed by atoms with Crippen molar-refractivity contribution in [2.75, 3.05) is 66.1 Å². The Bertz CT molecular complexity index is 383.